The number of likely N-dealkylation sites (tertiary alicyclic amines) is 1. The average molecular weight is 496 g/mol. The van der Waals surface area contributed by atoms with Crippen LogP contribution in [0.3, 0.4) is 0 Å². The van der Waals surface area contributed by atoms with Gasteiger partial charge in [0.05, 0.1) is 24.4 Å². The zero-order valence-electron chi connectivity index (χ0n) is 15.4. The first-order valence-corrected chi connectivity index (χ1v) is 10.3. The monoisotopic (exact) mass is 496 g/mol. The number of nitrogens with zero attached hydrogens (tertiary/aromatic N) is 3. The van der Waals surface area contributed by atoms with Crippen molar-refractivity contribution in [2.75, 3.05) is 20.1 Å². The van der Waals surface area contributed by atoms with Gasteiger partial charge in [-0.2, -0.15) is 0 Å². The molecule has 0 saturated carbocycles. The summed E-state index contributed by atoms with van der Waals surface area (Å²) in [6.07, 6.45) is 3.46. The van der Waals surface area contributed by atoms with E-state index >= 15 is 0 Å². The number of guanidine groups is 1. The van der Waals surface area contributed by atoms with Crippen molar-refractivity contribution in [1.82, 2.24) is 15.2 Å². The number of rotatable bonds is 3. The van der Waals surface area contributed by atoms with Gasteiger partial charge in [-0.05, 0) is 12.8 Å². The third-order valence-corrected chi connectivity index (χ3v) is 6.90. The lowest BCUT2D eigenvalue weighted by molar-refractivity contribution is 0.0767. The number of hydrogen-bond acceptors (Lipinski definition) is 4. The minimum Gasteiger partial charge on any atom is -0.374 e. The Balaban J connectivity index is 0.00000180. The number of nitrogens with one attached hydrogen (secondary N) is 1. The van der Waals surface area contributed by atoms with Crippen LogP contribution in [0, 0.1) is 11.8 Å². The molecule has 27 heavy (non-hydrogen) atoms. The summed E-state index contributed by atoms with van der Waals surface area (Å²) in [6, 6.07) is 10.4. The first kappa shape index (κ1) is 19.1. The summed E-state index contributed by atoms with van der Waals surface area (Å²) in [5.41, 5.74) is 2.24. The van der Waals surface area contributed by atoms with Crippen molar-refractivity contribution >= 4 is 41.3 Å². The van der Waals surface area contributed by atoms with Crippen LogP contribution in [0.15, 0.2) is 40.7 Å². The van der Waals surface area contributed by atoms with Crippen molar-refractivity contribution in [3.8, 4) is 10.6 Å². The number of halogens is 1. The first-order valence-electron chi connectivity index (χ1n) is 9.42. The predicted octanol–water partition coefficient (Wildman–Crippen LogP) is 3.61. The topological polar surface area (TPSA) is 49.8 Å². The van der Waals surface area contributed by atoms with Gasteiger partial charge >= 0.3 is 0 Å². The maximum atomic E-state index is 6.08. The van der Waals surface area contributed by atoms with Crippen molar-refractivity contribution in [3.63, 3.8) is 0 Å². The maximum Gasteiger partial charge on any atom is 0.193 e. The minimum atomic E-state index is 0. The molecule has 0 aliphatic carbocycles. The van der Waals surface area contributed by atoms with Crippen LogP contribution in [0.4, 0.5) is 0 Å². The van der Waals surface area contributed by atoms with Gasteiger partial charge in [-0.3, -0.25) is 4.99 Å². The average Bonchev–Trinajstić information content (AvgIpc) is 3.44. The van der Waals surface area contributed by atoms with Gasteiger partial charge in [-0.15, -0.1) is 35.3 Å². The molecule has 4 heterocycles. The fourth-order valence-electron chi connectivity index (χ4n) is 4.74. The van der Waals surface area contributed by atoms with Crippen LogP contribution in [0.1, 0.15) is 18.5 Å². The van der Waals surface area contributed by atoms with Crippen LogP contribution in [0.25, 0.3) is 10.6 Å². The molecule has 144 valence electrons. The summed E-state index contributed by atoms with van der Waals surface area (Å²) in [7, 11) is 1.87. The Morgan fingerprint density at radius 2 is 1.93 bits per heavy atom. The Kier molecular flexibility index (Phi) is 5.70. The van der Waals surface area contributed by atoms with Crippen molar-refractivity contribution < 1.29 is 4.74 Å². The van der Waals surface area contributed by atoms with E-state index in [0.717, 1.165) is 29.8 Å². The molecule has 4 unspecified atom stereocenters. The molecule has 1 aromatic heterocycles. The van der Waals surface area contributed by atoms with Gasteiger partial charge in [-0.25, -0.2) is 4.98 Å². The highest BCUT2D eigenvalue weighted by molar-refractivity contribution is 14.0. The highest BCUT2D eigenvalue weighted by Crippen LogP contribution is 2.47. The highest BCUT2D eigenvalue weighted by atomic mass is 127. The third kappa shape index (κ3) is 3.61. The second-order valence-corrected chi connectivity index (χ2v) is 8.29. The molecule has 1 N–H and O–H groups in total. The number of aromatic nitrogens is 1. The summed E-state index contributed by atoms with van der Waals surface area (Å²) in [5, 5.41) is 6.72. The van der Waals surface area contributed by atoms with E-state index in [9.17, 15) is 0 Å². The Morgan fingerprint density at radius 3 is 2.59 bits per heavy atom. The van der Waals surface area contributed by atoms with Gasteiger partial charge in [0.1, 0.15) is 5.01 Å². The normalized spacial score (nSPS) is 28.9. The van der Waals surface area contributed by atoms with Gasteiger partial charge in [0.15, 0.2) is 5.96 Å². The summed E-state index contributed by atoms with van der Waals surface area (Å²) in [6.45, 7) is 2.85. The summed E-state index contributed by atoms with van der Waals surface area (Å²) in [4.78, 5) is 11.7. The molecule has 2 bridgehead atoms. The van der Waals surface area contributed by atoms with Gasteiger partial charge in [-0.1, -0.05) is 30.3 Å². The Labute approximate surface area is 181 Å². The molecular formula is C20H25IN4OS. The fourth-order valence-corrected chi connectivity index (χ4v) is 5.56. The molecule has 3 saturated heterocycles. The standard InChI is InChI=1S/C20H24N4OS.HI/c1-21-20(24-10-15-16(11-24)18-8-7-17(15)25-18)22-9-14-12-26-19(23-14)13-5-3-2-4-6-13;/h2-6,12,15-18H,7-11H2,1H3,(H,21,22);1H. The Morgan fingerprint density at radius 1 is 1.22 bits per heavy atom. The number of thiazole rings is 1. The second kappa shape index (κ2) is 8.05. The van der Waals surface area contributed by atoms with E-state index in [-0.39, 0.29) is 24.0 Å². The van der Waals surface area contributed by atoms with E-state index < -0.39 is 0 Å². The van der Waals surface area contributed by atoms with Gasteiger partial charge < -0.3 is 15.0 Å². The SMILES string of the molecule is CN=C(NCc1csc(-c2ccccc2)n1)N1CC2C3CCC(O3)C2C1.I. The van der Waals surface area contributed by atoms with E-state index in [4.69, 9.17) is 9.72 Å². The molecule has 4 atom stereocenters. The van der Waals surface area contributed by atoms with Crippen LogP contribution in [0.5, 0.6) is 0 Å². The summed E-state index contributed by atoms with van der Waals surface area (Å²) < 4.78 is 6.08. The molecule has 2 aromatic rings. The van der Waals surface area contributed by atoms with Crippen molar-refractivity contribution in [3.05, 3.63) is 41.4 Å². The lowest BCUT2D eigenvalue weighted by Crippen LogP contribution is -2.41. The largest absolute Gasteiger partial charge is 0.374 e. The number of ether oxygens (including phenoxy) is 1. The molecule has 1 aromatic carbocycles. The zero-order valence-corrected chi connectivity index (χ0v) is 18.5. The lowest BCUT2D eigenvalue weighted by Gasteiger charge is -2.23. The van der Waals surface area contributed by atoms with Crippen LogP contribution in [-0.4, -0.2) is 48.2 Å². The van der Waals surface area contributed by atoms with E-state index in [1.165, 1.54) is 18.4 Å². The second-order valence-electron chi connectivity index (χ2n) is 7.43. The molecule has 3 fully saturated rings. The molecular weight excluding hydrogens is 471 g/mol. The summed E-state index contributed by atoms with van der Waals surface area (Å²) in [5.74, 6) is 2.38. The van der Waals surface area contributed by atoms with Crippen molar-refractivity contribution in [2.45, 2.75) is 31.6 Å². The van der Waals surface area contributed by atoms with Crippen LogP contribution in [0.2, 0.25) is 0 Å². The van der Waals surface area contributed by atoms with E-state index in [2.05, 4.69) is 44.9 Å². The highest BCUT2D eigenvalue weighted by Gasteiger charge is 2.53. The Bertz CT molecular complexity index is 793. The van der Waals surface area contributed by atoms with Gasteiger partial charge in [0, 0.05) is 42.9 Å². The molecule has 3 aliphatic heterocycles. The lowest BCUT2D eigenvalue weighted by atomic mass is 9.82. The Hall–Kier alpha value is -1.19. The minimum absolute atomic E-state index is 0. The third-order valence-electron chi connectivity index (χ3n) is 5.96. The smallest absolute Gasteiger partial charge is 0.193 e. The molecule has 7 heteroatoms. The van der Waals surface area contributed by atoms with Crippen molar-refractivity contribution in [2.24, 2.45) is 16.8 Å². The molecule has 0 spiro atoms. The van der Waals surface area contributed by atoms with Gasteiger partial charge in [0.25, 0.3) is 0 Å². The van der Waals surface area contributed by atoms with E-state index in [0.29, 0.717) is 30.6 Å². The number of fused-ring (bicyclic) bond motifs is 5. The first-order chi connectivity index (χ1) is 12.8. The number of benzene rings is 1. The maximum absolute atomic E-state index is 6.08. The molecule has 5 nitrogen and oxygen atoms in total. The molecule has 3 aliphatic rings. The quantitative estimate of drug-likeness (QED) is 0.401. The molecule has 0 radical (unpaired) electrons. The predicted molar refractivity (Wildman–Crippen MR) is 120 cm³/mol. The van der Waals surface area contributed by atoms with E-state index in [1.54, 1.807) is 11.3 Å². The van der Waals surface area contributed by atoms with Gasteiger partial charge in [0.2, 0.25) is 0 Å². The van der Waals surface area contributed by atoms with Crippen LogP contribution >= 0.6 is 35.3 Å². The van der Waals surface area contributed by atoms with Crippen LogP contribution in [-0.2, 0) is 11.3 Å². The fraction of sp³-hybridized carbons (Fsp3) is 0.500. The zero-order chi connectivity index (χ0) is 17.5. The van der Waals surface area contributed by atoms with Crippen LogP contribution < -0.4 is 5.32 Å². The molecule has 0 amide bonds. The summed E-state index contributed by atoms with van der Waals surface area (Å²) >= 11 is 1.70. The van der Waals surface area contributed by atoms with Crippen molar-refractivity contribution in [1.29, 1.82) is 0 Å². The number of hydrogen-bond donors (Lipinski definition) is 1. The van der Waals surface area contributed by atoms with E-state index in [1.807, 2.05) is 13.1 Å². The molecule has 5 rings (SSSR count). The number of aliphatic imine (C=N–C) groups is 1.